The van der Waals surface area contributed by atoms with Gasteiger partial charge in [-0.15, -0.1) is 0 Å². The molecule has 1 aliphatic heterocycles. The zero-order valence-electron chi connectivity index (χ0n) is 8.89. The number of hydrogen-bond acceptors (Lipinski definition) is 5. The molecule has 1 fully saturated rings. The summed E-state index contributed by atoms with van der Waals surface area (Å²) in [6.45, 7) is 0. The summed E-state index contributed by atoms with van der Waals surface area (Å²) in [7, 11) is 1.51. The van der Waals surface area contributed by atoms with Gasteiger partial charge in [-0.1, -0.05) is 42.3 Å². The Labute approximate surface area is 114 Å². The minimum absolute atomic E-state index is 0.116. The molecule has 1 aliphatic rings. The van der Waals surface area contributed by atoms with Crippen LogP contribution in [-0.2, 0) is 0 Å². The van der Waals surface area contributed by atoms with Crippen LogP contribution in [0.5, 0.6) is 11.5 Å². The van der Waals surface area contributed by atoms with Crippen LogP contribution in [0.15, 0.2) is 23.1 Å². The highest BCUT2D eigenvalue weighted by molar-refractivity contribution is 8.27. The van der Waals surface area contributed by atoms with Gasteiger partial charge in [0.25, 0.3) is 0 Å². The smallest absolute Gasteiger partial charge is 0.161 e. The molecule has 0 spiro atoms. The van der Waals surface area contributed by atoms with Crippen molar-refractivity contribution in [2.45, 2.75) is 0 Å². The summed E-state index contributed by atoms with van der Waals surface area (Å²) in [5.74, 6) is 0.550. The Morgan fingerprint density at radius 1 is 1.41 bits per heavy atom. The summed E-state index contributed by atoms with van der Waals surface area (Å²) in [4.78, 5) is 1.53. The minimum Gasteiger partial charge on any atom is -0.504 e. The molecule has 2 N–H and O–H groups in total. The number of aromatic hydroxyl groups is 1. The van der Waals surface area contributed by atoms with Crippen LogP contribution in [0, 0.1) is 0 Å². The fourth-order valence-electron chi connectivity index (χ4n) is 1.36. The van der Waals surface area contributed by atoms with Gasteiger partial charge in [0.05, 0.1) is 7.11 Å². The molecule has 0 bridgehead atoms. The second-order valence-electron chi connectivity index (χ2n) is 3.28. The molecule has 0 amide bonds. The third-order valence-electron chi connectivity index (χ3n) is 2.14. The molecule has 6 heteroatoms. The molecule has 0 saturated carbocycles. The number of thioether (sulfide) groups is 1. The average molecular weight is 283 g/mol. The van der Waals surface area contributed by atoms with Gasteiger partial charge in [0.2, 0.25) is 0 Å². The molecule has 17 heavy (non-hydrogen) atoms. The Morgan fingerprint density at radius 3 is 2.76 bits per heavy atom. The third kappa shape index (κ3) is 2.77. The van der Waals surface area contributed by atoms with Gasteiger partial charge in [-0.3, -0.25) is 0 Å². The number of nitrogens with one attached hydrogen (secondary N) is 1. The number of thiocarbonyl (C=S) groups is 2. The maximum atomic E-state index is 9.48. The number of benzene rings is 1. The van der Waals surface area contributed by atoms with E-state index in [0.717, 1.165) is 10.5 Å². The van der Waals surface area contributed by atoms with Crippen LogP contribution in [0.4, 0.5) is 0 Å². The molecule has 0 unspecified atom stereocenters. The molecule has 3 nitrogen and oxygen atoms in total. The van der Waals surface area contributed by atoms with Gasteiger partial charge < -0.3 is 15.2 Å². The van der Waals surface area contributed by atoms with Crippen LogP contribution in [0.3, 0.4) is 0 Å². The molecule has 0 radical (unpaired) electrons. The number of phenolic OH excluding ortho intramolecular Hbond substituents is 1. The Morgan fingerprint density at radius 2 is 2.18 bits per heavy atom. The standard InChI is InChI=1S/C11H9NO2S3/c1-14-8-4-6(2-3-7(8)13)5-9-10(15)12-11(16)17-9/h2-5,13H,1H3,(H,12,15,16)/b9-5-. The first-order valence-corrected chi connectivity index (χ1v) is 6.35. The van der Waals surface area contributed by atoms with Crippen molar-refractivity contribution in [3.63, 3.8) is 0 Å². The summed E-state index contributed by atoms with van der Waals surface area (Å²) >= 11 is 11.6. The normalized spacial score (nSPS) is 17.4. The number of hydrogen-bond donors (Lipinski definition) is 2. The van der Waals surface area contributed by atoms with Crippen LogP contribution >= 0.6 is 36.2 Å². The molecular weight excluding hydrogens is 274 g/mol. The fraction of sp³-hybridized carbons (Fsp3) is 0.0909. The van der Waals surface area contributed by atoms with Crippen LogP contribution in [0.2, 0.25) is 0 Å². The molecule has 1 saturated heterocycles. The van der Waals surface area contributed by atoms with Gasteiger partial charge in [-0.25, -0.2) is 0 Å². The van der Waals surface area contributed by atoms with Crippen molar-refractivity contribution in [2.75, 3.05) is 7.11 Å². The lowest BCUT2D eigenvalue weighted by Gasteiger charge is -2.04. The maximum Gasteiger partial charge on any atom is 0.161 e. The third-order valence-corrected chi connectivity index (χ3v) is 3.78. The highest BCUT2D eigenvalue weighted by Gasteiger charge is 2.18. The topological polar surface area (TPSA) is 41.5 Å². The summed E-state index contributed by atoms with van der Waals surface area (Å²) in [5.41, 5.74) is 0.899. The van der Waals surface area contributed by atoms with Gasteiger partial charge in [-0.2, -0.15) is 0 Å². The van der Waals surface area contributed by atoms with Gasteiger partial charge in [-0.05, 0) is 23.8 Å². The van der Waals surface area contributed by atoms with Crippen molar-refractivity contribution in [1.82, 2.24) is 5.32 Å². The first-order chi connectivity index (χ1) is 8.10. The first-order valence-electron chi connectivity index (χ1n) is 4.72. The Balaban J connectivity index is 2.33. The highest BCUT2D eigenvalue weighted by Crippen LogP contribution is 2.30. The highest BCUT2D eigenvalue weighted by atomic mass is 32.2. The number of phenols is 1. The van der Waals surface area contributed by atoms with Crippen molar-refractivity contribution >= 4 is 51.6 Å². The van der Waals surface area contributed by atoms with Crippen molar-refractivity contribution < 1.29 is 9.84 Å². The van der Waals surface area contributed by atoms with Crippen LogP contribution in [0.1, 0.15) is 5.56 Å². The molecule has 0 aromatic heterocycles. The van der Waals surface area contributed by atoms with Crippen LogP contribution in [0.25, 0.3) is 6.08 Å². The molecule has 1 aromatic rings. The monoisotopic (exact) mass is 283 g/mol. The van der Waals surface area contributed by atoms with Gasteiger partial charge >= 0.3 is 0 Å². The van der Waals surface area contributed by atoms with Crippen molar-refractivity contribution in [2.24, 2.45) is 0 Å². The number of methoxy groups -OCH3 is 1. The molecule has 1 heterocycles. The van der Waals surface area contributed by atoms with Gasteiger partial charge in [0, 0.05) is 4.91 Å². The van der Waals surface area contributed by atoms with Gasteiger partial charge in [0.15, 0.2) is 11.5 Å². The van der Waals surface area contributed by atoms with E-state index in [1.54, 1.807) is 18.2 Å². The lowest BCUT2D eigenvalue weighted by molar-refractivity contribution is 0.373. The van der Waals surface area contributed by atoms with E-state index < -0.39 is 0 Å². The van der Waals surface area contributed by atoms with Crippen molar-refractivity contribution in [3.05, 3.63) is 28.7 Å². The SMILES string of the molecule is COc1cc(/C=C2\SC(=S)NC2=S)ccc1O. The van der Waals surface area contributed by atoms with E-state index in [0.29, 0.717) is 15.1 Å². The zero-order chi connectivity index (χ0) is 12.4. The summed E-state index contributed by atoms with van der Waals surface area (Å²) < 4.78 is 5.70. The largest absolute Gasteiger partial charge is 0.504 e. The Kier molecular flexibility index (Phi) is 3.66. The quantitative estimate of drug-likeness (QED) is 0.642. The minimum atomic E-state index is 0.116. The van der Waals surface area contributed by atoms with Crippen LogP contribution < -0.4 is 10.1 Å². The van der Waals surface area contributed by atoms with E-state index in [9.17, 15) is 5.11 Å². The molecule has 88 valence electrons. The second kappa shape index (κ2) is 5.03. The summed E-state index contributed by atoms with van der Waals surface area (Å²) in [6, 6.07) is 5.11. The maximum absolute atomic E-state index is 9.48. The molecule has 0 atom stereocenters. The molecular formula is C11H9NO2S3. The van der Waals surface area contributed by atoms with Crippen LogP contribution in [-0.4, -0.2) is 21.5 Å². The Bertz CT molecular complexity index is 525. The van der Waals surface area contributed by atoms with E-state index in [1.165, 1.54) is 18.9 Å². The van der Waals surface area contributed by atoms with E-state index in [2.05, 4.69) is 5.32 Å². The molecule has 2 rings (SSSR count). The Hall–Kier alpha value is -1.11. The molecule has 0 aliphatic carbocycles. The van der Waals surface area contributed by atoms with Gasteiger partial charge in [0.1, 0.15) is 9.31 Å². The van der Waals surface area contributed by atoms with Crippen molar-refractivity contribution in [3.8, 4) is 11.5 Å². The number of rotatable bonds is 2. The zero-order valence-corrected chi connectivity index (χ0v) is 11.3. The second-order valence-corrected chi connectivity index (χ2v) is 5.41. The van der Waals surface area contributed by atoms with E-state index in [1.807, 2.05) is 6.08 Å². The van der Waals surface area contributed by atoms with E-state index >= 15 is 0 Å². The molecule has 1 aromatic carbocycles. The predicted molar refractivity (Wildman–Crippen MR) is 78.6 cm³/mol. The predicted octanol–water partition coefficient (Wildman–Crippen LogP) is 2.69. The van der Waals surface area contributed by atoms with E-state index in [4.69, 9.17) is 29.2 Å². The summed E-state index contributed by atoms with van der Waals surface area (Å²) in [6.07, 6.45) is 1.90. The first kappa shape index (κ1) is 12.3. The van der Waals surface area contributed by atoms with E-state index in [-0.39, 0.29) is 5.75 Å². The number of ether oxygens (including phenoxy) is 1. The lowest BCUT2D eigenvalue weighted by atomic mass is 10.2. The summed E-state index contributed by atoms with van der Waals surface area (Å²) in [5, 5.41) is 12.4. The van der Waals surface area contributed by atoms with Crippen molar-refractivity contribution in [1.29, 1.82) is 0 Å². The fourth-order valence-corrected chi connectivity index (χ4v) is 2.83. The average Bonchev–Trinajstić information content (AvgIpc) is 2.60. The lowest BCUT2D eigenvalue weighted by Crippen LogP contribution is -2.15.